The third-order valence-corrected chi connectivity index (χ3v) is 3.81. The molecule has 21 heavy (non-hydrogen) atoms. The molecule has 1 aromatic carbocycles. The minimum absolute atomic E-state index is 0.175. The Morgan fingerprint density at radius 2 is 1.86 bits per heavy atom. The lowest BCUT2D eigenvalue weighted by atomic mass is 10.2. The van der Waals surface area contributed by atoms with Crippen LogP contribution in [0.2, 0.25) is 0 Å². The Morgan fingerprint density at radius 1 is 1.14 bits per heavy atom. The number of H-pyrrole nitrogens is 1. The Labute approximate surface area is 129 Å². The number of halogens is 1. The quantitative estimate of drug-likeness (QED) is 0.777. The van der Waals surface area contributed by atoms with Crippen LogP contribution in [0, 0.1) is 13.8 Å². The Kier molecular flexibility index (Phi) is 3.47. The van der Waals surface area contributed by atoms with Gasteiger partial charge in [0.25, 0.3) is 5.56 Å². The summed E-state index contributed by atoms with van der Waals surface area (Å²) in [6.07, 6.45) is 0. The van der Waals surface area contributed by atoms with E-state index in [2.05, 4.69) is 31.0 Å². The number of nitrogens with one attached hydrogen (secondary N) is 1. The van der Waals surface area contributed by atoms with Crippen LogP contribution in [0.5, 0.6) is 0 Å². The van der Waals surface area contributed by atoms with Crippen molar-refractivity contribution in [3.05, 3.63) is 62.7 Å². The van der Waals surface area contributed by atoms with Crippen molar-refractivity contribution in [3.63, 3.8) is 0 Å². The highest BCUT2D eigenvalue weighted by Crippen LogP contribution is 2.24. The van der Waals surface area contributed by atoms with Gasteiger partial charge in [0.05, 0.1) is 5.69 Å². The molecule has 3 aromatic rings. The Morgan fingerprint density at radius 3 is 2.52 bits per heavy atom. The zero-order valence-electron chi connectivity index (χ0n) is 11.6. The fourth-order valence-corrected chi connectivity index (χ4v) is 2.68. The van der Waals surface area contributed by atoms with Gasteiger partial charge in [0.2, 0.25) is 0 Å². The van der Waals surface area contributed by atoms with Gasteiger partial charge in [-0.25, -0.2) is 14.6 Å². The lowest BCUT2D eigenvalue weighted by molar-refractivity contribution is 0.800. The SMILES string of the molecule is Cc1cc(-n2[nH]c(-c3ccccc3)c(Br)c2=O)nc(C)n1. The normalized spacial score (nSPS) is 10.8. The zero-order valence-corrected chi connectivity index (χ0v) is 13.2. The van der Waals surface area contributed by atoms with E-state index < -0.39 is 0 Å². The van der Waals surface area contributed by atoms with Gasteiger partial charge < -0.3 is 0 Å². The number of hydrogen-bond acceptors (Lipinski definition) is 3. The minimum atomic E-state index is -0.175. The van der Waals surface area contributed by atoms with Crippen LogP contribution in [0.15, 0.2) is 45.7 Å². The first-order valence-electron chi connectivity index (χ1n) is 6.45. The van der Waals surface area contributed by atoms with Crippen molar-refractivity contribution in [1.82, 2.24) is 19.7 Å². The number of aryl methyl sites for hydroxylation is 2. The summed E-state index contributed by atoms with van der Waals surface area (Å²) >= 11 is 3.36. The summed E-state index contributed by atoms with van der Waals surface area (Å²) in [5.41, 5.74) is 2.31. The van der Waals surface area contributed by atoms with Gasteiger partial charge in [-0.2, -0.15) is 0 Å². The predicted octanol–water partition coefficient (Wildman–Crippen LogP) is 3.00. The molecular formula is C15H13BrN4O. The second kappa shape index (κ2) is 5.29. The van der Waals surface area contributed by atoms with E-state index in [4.69, 9.17) is 0 Å². The molecule has 2 heterocycles. The van der Waals surface area contributed by atoms with Gasteiger partial charge in [0.1, 0.15) is 10.3 Å². The van der Waals surface area contributed by atoms with Crippen molar-refractivity contribution in [1.29, 1.82) is 0 Å². The van der Waals surface area contributed by atoms with Crippen LogP contribution < -0.4 is 5.56 Å². The van der Waals surface area contributed by atoms with Crippen molar-refractivity contribution < 1.29 is 0 Å². The number of rotatable bonds is 2. The average Bonchev–Trinajstić information content (AvgIpc) is 2.75. The second-order valence-corrected chi connectivity index (χ2v) is 5.52. The first kappa shape index (κ1) is 13.8. The molecule has 2 aromatic heterocycles. The fourth-order valence-electron chi connectivity index (χ4n) is 2.19. The summed E-state index contributed by atoms with van der Waals surface area (Å²) < 4.78 is 1.91. The predicted molar refractivity (Wildman–Crippen MR) is 84.6 cm³/mol. The third kappa shape index (κ3) is 2.54. The highest BCUT2D eigenvalue weighted by Gasteiger charge is 2.15. The van der Waals surface area contributed by atoms with E-state index >= 15 is 0 Å². The second-order valence-electron chi connectivity index (χ2n) is 4.72. The summed E-state index contributed by atoms with van der Waals surface area (Å²) in [7, 11) is 0. The molecular weight excluding hydrogens is 332 g/mol. The number of aromatic nitrogens is 4. The molecule has 0 radical (unpaired) electrons. The third-order valence-electron chi connectivity index (χ3n) is 3.08. The van der Waals surface area contributed by atoms with Gasteiger partial charge in [-0.05, 0) is 29.8 Å². The van der Waals surface area contributed by atoms with Gasteiger partial charge in [-0.15, -0.1) is 0 Å². The van der Waals surface area contributed by atoms with Crippen molar-refractivity contribution >= 4 is 15.9 Å². The smallest absolute Gasteiger partial charge is 0.287 e. The van der Waals surface area contributed by atoms with Crippen LogP contribution in [-0.4, -0.2) is 19.7 Å². The van der Waals surface area contributed by atoms with Gasteiger partial charge in [0, 0.05) is 17.3 Å². The van der Waals surface area contributed by atoms with Gasteiger partial charge in [-0.1, -0.05) is 30.3 Å². The highest BCUT2D eigenvalue weighted by molar-refractivity contribution is 9.10. The molecule has 0 amide bonds. The summed E-state index contributed by atoms with van der Waals surface area (Å²) in [6, 6.07) is 11.4. The Hall–Kier alpha value is -2.21. The number of aromatic amines is 1. The maximum absolute atomic E-state index is 12.4. The minimum Gasteiger partial charge on any atom is -0.288 e. The average molecular weight is 345 g/mol. The zero-order chi connectivity index (χ0) is 15.0. The molecule has 1 N–H and O–H groups in total. The van der Waals surface area contributed by atoms with E-state index in [-0.39, 0.29) is 5.56 Å². The van der Waals surface area contributed by atoms with Gasteiger partial charge in [0.15, 0.2) is 5.82 Å². The molecule has 0 aliphatic rings. The molecule has 0 aliphatic heterocycles. The first-order chi connectivity index (χ1) is 10.1. The monoisotopic (exact) mass is 344 g/mol. The van der Waals surface area contributed by atoms with Crippen molar-refractivity contribution in [2.45, 2.75) is 13.8 Å². The topological polar surface area (TPSA) is 63.6 Å². The number of benzene rings is 1. The van der Waals surface area contributed by atoms with Crippen LogP contribution in [-0.2, 0) is 0 Å². The maximum atomic E-state index is 12.4. The van der Waals surface area contributed by atoms with Crippen LogP contribution in [0.25, 0.3) is 17.1 Å². The van der Waals surface area contributed by atoms with E-state index in [1.807, 2.05) is 37.3 Å². The van der Waals surface area contributed by atoms with Crippen LogP contribution in [0.1, 0.15) is 11.5 Å². The van der Waals surface area contributed by atoms with Crippen LogP contribution in [0.3, 0.4) is 0 Å². The van der Waals surface area contributed by atoms with E-state index in [9.17, 15) is 4.79 Å². The van der Waals surface area contributed by atoms with E-state index in [0.717, 1.165) is 17.0 Å². The van der Waals surface area contributed by atoms with Crippen molar-refractivity contribution in [3.8, 4) is 17.1 Å². The molecule has 0 saturated heterocycles. The summed E-state index contributed by atoms with van der Waals surface area (Å²) in [5.74, 6) is 1.16. The molecule has 0 unspecified atom stereocenters. The lowest BCUT2D eigenvalue weighted by Crippen LogP contribution is -2.17. The molecule has 0 atom stereocenters. The molecule has 6 heteroatoms. The first-order valence-corrected chi connectivity index (χ1v) is 7.24. The van der Waals surface area contributed by atoms with E-state index in [1.165, 1.54) is 4.68 Å². The largest absolute Gasteiger partial charge is 0.288 e. The molecule has 0 saturated carbocycles. The lowest BCUT2D eigenvalue weighted by Gasteiger charge is -2.03. The van der Waals surface area contributed by atoms with Crippen molar-refractivity contribution in [2.24, 2.45) is 0 Å². The number of hydrogen-bond donors (Lipinski definition) is 1. The molecule has 0 bridgehead atoms. The molecule has 0 spiro atoms. The summed E-state index contributed by atoms with van der Waals surface area (Å²) in [5, 5.41) is 3.10. The van der Waals surface area contributed by atoms with E-state index in [1.54, 1.807) is 13.0 Å². The van der Waals surface area contributed by atoms with Gasteiger partial charge in [-0.3, -0.25) is 9.89 Å². The number of nitrogens with zero attached hydrogens (tertiary/aromatic N) is 3. The van der Waals surface area contributed by atoms with Crippen LogP contribution in [0.4, 0.5) is 0 Å². The maximum Gasteiger partial charge on any atom is 0.287 e. The van der Waals surface area contributed by atoms with E-state index in [0.29, 0.717) is 16.1 Å². The standard InChI is InChI=1S/C15H13BrN4O/c1-9-8-12(18-10(2)17-9)20-15(21)13(16)14(19-20)11-6-4-3-5-7-11/h3-8,19H,1-2H3. The highest BCUT2D eigenvalue weighted by atomic mass is 79.9. The van der Waals surface area contributed by atoms with Crippen molar-refractivity contribution in [2.75, 3.05) is 0 Å². The van der Waals surface area contributed by atoms with Crippen LogP contribution >= 0.6 is 15.9 Å². The Balaban J connectivity index is 2.20. The Bertz CT molecular complexity index is 832. The summed E-state index contributed by atoms with van der Waals surface area (Å²) in [6.45, 7) is 3.68. The molecule has 0 aliphatic carbocycles. The molecule has 106 valence electrons. The molecule has 0 fully saturated rings. The van der Waals surface area contributed by atoms with Gasteiger partial charge >= 0.3 is 0 Å². The molecule has 3 rings (SSSR count). The fraction of sp³-hybridized carbons (Fsp3) is 0.133. The molecule has 5 nitrogen and oxygen atoms in total. The summed E-state index contributed by atoms with van der Waals surface area (Å²) in [4.78, 5) is 20.9.